The molecule has 0 aromatic rings. The Morgan fingerprint density at radius 3 is 3.00 bits per heavy atom. The second-order valence-electron chi connectivity index (χ2n) is 2.01. The van der Waals surface area contributed by atoms with E-state index >= 15 is 0 Å². The van der Waals surface area contributed by atoms with Crippen LogP contribution in [0.3, 0.4) is 0 Å². The van der Waals surface area contributed by atoms with Crippen molar-refractivity contribution < 1.29 is 9.63 Å². The second kappa shape index (κ2) is 4.16. The molecule has 1 aliphatic heterocycles. The summed E-state index contributed by atoms with van der Waals surface area (Å²) in [4.78, 5) is 18.4. The predicted molar refractivity (Wildman–Crippen MR) is 43.3 cm³/mol. The summed E-state index contributed by atoms with van der Waals surface area (Å²) >= 11 is 0. The van der Waals surface area contributed by atoms with Crippen molar-refractivity contribution in [1.29, 1.82) is 0 Å². The molecule has 4 heteroatoms. The maximum atomic E-state index is 9.95. The number of allylic oxidation sites excluding steroid dienone is 2. The molecule has 0 aliphatic carbocycles. The number of hydrogen-bond donors (Lipinski definition) is 0. The van der Waals surface area contributed by atoms with Crippen molar-refractivity contribution in [3.63, 3.8) is 0 Å². The van der Waals surface area contributed by atoms with Gasteiger partial charge in [0.2, 0.25) is 6.08 Å². The summed E-state index contributed by atoms with van der Waals surface area (Å²) in [5, 5.41) is 1.39. The lowest BCUT2D eigenvalue weighted by atomic mass is 10.4. The van der Waals surface area contributed by atoms with Crippen LogP contribution in [0, 0.1) is 0 Å². The van der Waals surface area contributed by atoms with Gasteiger partial charge in [0, 0.05) is 6.20 Å². The SMILES string of the molecule is C=CC(N=C=O)N1C=CC=CO1. The van der Waals surface area contributed by atoms with Gasteiger partial charge in [-0.05, 0) is 18.2 Å². The highest BCUT2D eigenvalue weighted by Gasteiger charge is 2.10. The average Bonchev–Trinajstić information content (AvgIpc) is 2.15. The summed E-state index contributed by atoms with van der Waals surface area (Å²) in [5.41, 5.74) is 0. The Labute approximate surface area is 70.1 Å². The molecule has 0 fully saturated rings. The first-order valence-electron chi connectivity index (χ1n) is 3.36. The van der Waals surface area contributed by atoms with E-state index in [0.29, 0.717) is 0 Å². The van der Waals surface area contributed by atoms with Crippen LogP contribution in [0.4, 0.5) is 0 Å². The normalized spacial score (nSPS) is 16.2. The van der Waals surface area contributed by atoms with Crippen LogP contribution in [0.15, 0.2) is 42.3 Å². The minimum absolute atomic E-state index is 0.510. The molecule has 0 bridgehead atoms. The lowest BCUT2D eigenvalue weighted by molar-refractivity contribution is -0.0787. The fourth-order valence-corrected chi connectivity index (χ4v) is 0.738. The lowest BCUT2D eigenvalue weighted by Gasteiger charge is -2.22. The molecule has 62 valence electrons. The van der Waals surface area contributed by atoms with Gasteiger partial charge in [-0.25, -0.2) is 4.79 Å². The Morgan fingerprint density at radius 2 is 2.50 bits per heavy atom. The summed E-state index contributed by atoms with van der Waals surface area (Å²) in [5.74, 6) is 0. The molecule has 0 saturated heterocycles. The number of carbonyl (C=O) groups excluding carboxylic acids is 1. The Hall–Kier alpha value is -1.80. The van der Waals surface area contributed by atoms with Crippen molar-refractivity contribution >= 4 is 6.08 Å². The highest BCUT2D eigenvalue weighted by atomic mass is 16.7. The van der Waals surface area contributed by atoms with E-state index in [1.807, 2.05) is 0 Å². The molecule has 0 spiro atoms. The van der Waals surface area contributed by atoms with Gasteiger partial charge in [0.05, 0.1) is 0 Å². The van der Waals surface area contributed by atoms with E-state index in [1.54, 1.807) is 18.4 Å². The first-order chi connectivity index (χ1) is 5.88. The van der Waals surface area contributed by atoms with E-state index in [2.05, 4.69) is 11.6 Å². The van der Waals surface area contributed by atoms with Gasteiger partial charge in [-0.1, -0.05) is 6.58 Å². The summed E-state index contributed by atoms with van der Waals surface area (Å²) < 4.78 is 0. The smallest absolute Gasteiger partial charge is 0.237 e. The van der Waals surface area contributed by atoms with Crippen LogP contribution < -0.4 is 0 Å². The van der Waals surface area contributed by atoms with Gasteiger partial charge >= 0.3 is 0 Å². The van der Waals surface area contributed by atoms with Crippen LogP contribution in [-0.2, 0) is 9.63 Å². The van der Waals surface area contributed by atoms with Crippen LogP contribution in [0.5, 0.6) is 0 Å². The molecule has 1 unspecified atom stereocenters. The third-order valence-corrected chi connectivity index (χ3v) is 1.26. The minimum atomic E-state index is -0.510. The monoisotopic (exact) mass is 164 g/mol. The van der Waals surface area contributed by atoms with Crippen LogP contribution >= 0.6 is 0 Å². The van der Waals surface area contributed by atoms with Crippen LogP contribution in [0.2, 0.25) is 0 Å². The maximum Gasteiger partial charge on any atom is 0.237 e. The highest BCUT2D eigenvalue weighted by molar-refractivity contribution is 5.34. The number of aliphatic imine (C=N–C) groups is 1. The summed E-state index contributed by atoms with van der Waals surface area (Å²) in [6, 6.07) is 0. The fraction of sp³-hybridized carbons (Fsp3) is 0.125. The zero-order valence-corrected chi connectivity index (χ0v) is 6.38. The molecule has 1 aliphatic rings. The van der Waals surface area contributed by atoms with E-state index in [0.717, 1.165) is 0 Å². The summed E-state index contributed by atoms with van der Waals surface area (Å²) in [6.07, 6.45) is 9.03. The molecule has 1 rings (SSSR count). The third-order valence-electron chi connectivity index (χ3n) is 1.26. The molecule has 1 heterocycles. The molecular weight excluding hydrogens is 156 g/mol. The zero-order valence-electron chi connectivity index (χ0n) is 6.38. The van der Waals surface area contributed by atoms with E-state index in [1.165, 1.54) is 23.5 Å². The Balaban J connectivity index is 2.66. The van der Waals surface area contributed by atoms with E-state index in [9.17, 15) is 4.79 Å². The number of hydroxylamine groups is 2. The van der Waals surface area contributed by atoms with Crippen molar-refractivity contribution in [2.24, 2.45) is 4.99 Å². The van der Waals surface area contributed by atoms with Crippen molar-refractivity contribution in [3.8, 4) is 0 Å². The molecule has 0 saturated carbocycles. The Kier molecular flexibility index (Phi) is 2.87. The number of isocyanates is 1. The van der Waals surface area contributed by atoms with Gasteiger partial charge in [0.25, 0.3) is 0 Å². The van der Waals surface area contributed by atoms with Gasteiger partial charge < -0.3 is 4.84 Å². The molecule has 0 aromatic heterocycles. The lowest BCUT2D eigenvalue weighted by Crippen LogP contribution is -2.26. The molecule has 0 radical (unpaired) electrons. The minimum Gasteiger partial charge on any atom is -0.386 e. The van der Waals surface area contributed by atoms with Crippen LogP contribution in [0.1, 0.15) is 0 Å². The number of rotatable bonds is 3. The van der Waals surface area contributed by atoms with Gasteiger partial charge in [-0.15, -0.1) is 0 Å². The second-order valence-corrected chi connectivity index (χ2v) is 2.01. The van der Waals surface area contributed by atoms with Crippen molar-refractivity contribution in [1.82, 2.24) is 5.06 Å². The van der Waals surface area contributed by atoms with E-state index in [4.69, 9.17) is 4.84 Å². The Bertz CT molecular complexity index is 264. The molecule has 0 amide bonds. The van der Waals surface area contributed by atoms with Crippen molar-refractivity contribution in [2.75, 3.05) is 0 Å². The number of nitrogens with zero attached hydrogens (tertiary/aromatic N) is 2. The number of hydrogen-bond acceptors (Lipinski definition) is 4. The fourth-order valence-electron chi connectivity index (χ4n) is 0.738. The standard InChI is InChI=1S/C8H8N2O2/c1-2-8(9-7-11)10-5-3-4-6-12-10/h2-6,8H,1H2. The largest absolute Gasteiger partial charge is 0.386 e. The van der Waals surface area contributed by atoms with Gasteiger partial charge in [0.15, 0.2) is 6.17 Å². The first kappa shape index (κ1) is 8.30. The molecule has 12 heavy (non-hydrogen) atoms. The third kappa shape index (κ3) is 1.84. The molecular formula is C8H8N2O2. The van der Waals surface area contributed by atoms with Gasteiger partial charge in [-0.3, -0.25) is 0 Å². The van der Waals surface area contributed by atoms with Crippen molar-refractivity contribution in [2.45, 2.75) is 6.17 Å². The molecule has 0 aromatic carbocycles. The van der Waals surface area contributed by atoms with Gasteiger partial charge in [-0.2, -0.15) is 10.1 Å². The maximum absolute atomic E-state index is 9.95. The van der Waals surface area contributed by atoms with Crippen molar-refractivity contribution in [3.05, 3.63) is 37.3 Å². The topological polar surface area (TPSA) is 41.9 Å². The van der Waals surface area contributed by atoms with Crippen LogP contribution in [-0.4, -0.2) is 17.3 Å². The quantitative estimate of drug-likeness (QED) is 0.356. The highest BCUT2D eigenvalue weighted by Crippen LogP contribution is 2.07. The predicted octanol–water partition coefficient (Wildman–Crippen LogP) is 1.11. The molecule has 0 N–H and O–H groups in total. The van der Waals surface area contributed by atoms with Crippen LogP contribution in [0.25, 0.3) is 0 Å². The summed E-state index contributed by atoms with van der Waals surface area (Å²) in [7, 11) is 0. The average molecular weight is 164 g/mol. The van der Waals surface area contributed by atoms with Gasteiger partial charge in [0.1, 0.15) is 6.26 Å². The Morgan fingerprint density at radius 1 is 1.67 bits per heavy atom. The summed E-state index contributed by atoms with van der Waals surface area (Å²) in [6.45, 7) is 3.50. The van der Waals surface area contributed by atoms with E-state index < -0.39 is 6.17 Å². The van der Waals surface area contributed by atoms with E-state index in [-0.39, 0.29) is 0 Å². The first-order valence-corrected chi connectivity index (χ1v) is 3.36. The molecule has 4 nitrogen and oxygen atoms in total. The zero-order chi connectivity index (χ0) is 8.81. The molecule has 1 atom stereocenters.